The van der Waals surface area contributed by atoms with Crippen LogP contribution in [0.5, 0.6) is 0 Å². The summed E-state index contributed by atoms with van der Waals surface area (Å²) in [5, 5.41) is 0. The maximum absolute atomic E-state index is 7.50. The third-order valence-electron chi connectivity index (χ3n) is 0.562. The van der Waals surface area contributed by atoms with Crippen molar-refractivity contribution in [3.8, 4) is 0 Å². The van der Waals surface area contributed by atoms with E-state index in [4.69, 9.17) is 14.0 Å². The molecule has 0 unspecified atom stereocenters. The molecule has 0 N–H and O–H groups in total. The fraction of sp³-hybridized carbons (Fsp3) is 0.111. The van der Waals surface area contributed by atoms with E-state index in [1.807, 2.05) is 6.92 Å². The molecule has 1 aromatic carbocycles. The van der Waals surface area contributed by atoms with Crippen molar-refractivity contribution in [1.29, 1.82) is 0 Å². The number of hydrogen-bond acceptors (Lipinski definition) is 0. The fourth-order valence-electron chi connectivity index (χ4n) is 0.281. The van der Waals surface area contributed by atoms with Gasteiger partial charge in [0.15, 0.2) is 0 Å². The molecule has 1 rings (SSSR count). The van der Waals surface area contributed by atoms with Gasteiger partial charge >= 0.3 is 33.9 Å². The zero-order valence-corrected chi connectivity index (χ0v) is 7.78. The van der Waals surface area contributed by atoms with Gasteiger partial charge in [-0.3, -0.25) is 0 Å². The third kappa shape index (κ3) is 24.7. The summed E-state index contributed by atoms with van der Waals surface area (Å²) in [5.41, 5.74) is 0.981. The molecule has 4 heteroatoms. The molecule has 0 aliphatic rings. The van der Waals surface area contributed by atoms with Crippen molar-refractivity contribution in [2.75, 3.05) is 0 Å². The smallest absolute Gasteiger partial charge is 0 e. The first-order valence-electron chi connectivity index (χ1n) is 2.36. The largest absolute Gasteiger partial charge is 0 e. The minimum atomic E-state index is 0. The van der Waals surface area contributed by atoms with Crippen LogP contribution in [-0.4, -0.2) is 0 Å². The van der Waals surface area contributed by atoms with Crippen molar-refractivity contribution >= 4 is 0 Å². The van der Waals surface area contributed by atoms with Crippen molar-refractivity contribution < 1.29 is 31.0 Å². The van der Waals surface area contributed by atoms with E-state index in [1.165, 1.54) is 0 Å². The third-order valence-corrected chi connectivity index (χ3v) is 0.562. The molecule has 69 valence electrons. The van der Waals surface area contributed by atoms with Gasteiger partial charge in [0, 0.05) is 17.1 Å². The van der Waals surface area contributed by atoms with Crippen LogP contribution < -0.4 is 0 Å². The topological polar surface area (TPSA) is 59.7 Å². The number of aryl methyl sites for hydroxylation is 1. The van der Waals surface area contributed by atoms with Gasteiger partial charge < -0.3 is 29.8 Å². The number of rotatable bonds is 0. The molecule has 1 aromatic rings. The Bertz CT molecular complexity index is 194. The zero-order valence-electron chi connectivity index (χ0n) is 6.60. The van der Waals surface area contributed by atoms with Gasteiger partial charge in [0.1, 0.15) is 0 Å². The Labute approximate surface area is 88.1 Å². The minimum Gasteiger partial charge on any atom is 0 e. The molecule has 0 spiro atoms. The van der Waals surface area contributed by atoms with Crippen LogP contribution in [0.3, 0.4) is 0 Å². The molecule has 0 bridgehead atoms. The Morgan fingerprint density at radius 3 is 1.15 bits per heavy atom. The van der Waals surface area contributed by atoms with E-state index in [-0.39, 0.29) is 17.1 Å². The standard InChI is InChI=1S/C6H3.3CO.Mn/c1-6-4-2-3-5-6;3*1-2;/h1H3;;;;/q-5;;;;. The van der Waals surface area contributed by atoms with Crippen LogP contribution in [0.25, 0.3) is 0 Å². The zero-order chi connectivity index (χ0) is 10.4. The molecule has 0 aromatic heterocycles. The molecular weight excluding hydrogens is 211 g/mol. The maximum atomic E-state index is 7.50. The van der Waals surface area contributed by atoms with Crippen LogP contribution in [0.4, 0.5) is 0 Å². The van der Waals surface area contributed by atoms with Crippen LogP contribution in [0.1, 0.15) is 5.56 Å². The summed E-state index contributed by atoms with van der Waals surface area (Å²) in [6.45, 7) is 15.4. The molecule has 13 heavy (non-hydrogen) atoms. The van der Waals surface area contributed by atoms with Gasteiger partial charge in [-0.2, -0.15) is 0 Å². The van der Waals surface area contributed by atoms with Crippen LogP contribution in [-0.2, 0) is 31.0 Å². The van der Waals surface area contributed by atoms with Gasteiger partial charge in [-0.05, 0) is 0 Å². The molecule has 0 amide bonds. The van der Waals surface area contributed by atoms with Crippen molar-refractivity contribution in [3.05, 3.63) is 49.8 Å². The van der Waals surface area contributed by atoms with Gasteiger partial charge in [-0.1, -0.05) is 0 Å². The van der Waals surface area contributed by atoms with Crippen molar-refractivity contribution in [2.24, 2.45) is 0 Å². The first kappa shape index (κ1) is 22.7. The maximum Gasteiger partial charge on any atom is 0 e. The Balaban J connectivity index is -0.0000000508. The molecule has 0 atom stereocenters. The van der Waals surface area contributed by atoms with Crippen LogP contribution in [0.15, 0.2) is 0 Å². The summed E-state index contributed by atoms with van der Waals surface area (Å²) in [6, 6.07) is 10.8. The van der Waals surface area contributed by atoms with E-state index in [9.17, 15) is 0 Å². The first-order valence-corrected chi connectivity index (χ1v) is 2.36. The number of hydrogen-bond donors (Lipinski definition) is 0. The molecule has 1 radical (unpaired) electrons. The molecule has 0 aliphatic carbocycles. The average molecular weight is 214 g/mol. The molecule has 0 saturated carbocycles. The predicted molar refractivity (Wildman–Crippen MR) is 33.9 cm³/mol. The Kier molecular flexibility index (Phi) is 53.2. The second kappa shape index (κ2) is 30.4. The summed E-state index contributed by atoms with van der Waals surface area (Å²) in [5.74, 6) is 0. The molecule has 3 nitrogen and oxygen atoms in total. The Hall–Kier alpha value is -0.911. The Morgan fingerprint density at radius 1 is 0.846 bits per heavy atom. The van der Waals surface area contributed by atoms with Crippen LogP contribution >= 0.6 is 0 Å². The molecule has 0 aliphatic heterocycles. The quantitative estimate of drug-likeness (QED) is 0.348. The molecule has 0 fully saturated rings. The summed E-state index contributed by atoms with van der Waals surface area (Å²) < 4.78 is 22.5. The minimum absolute atomic E-state index is 0. The summed E-state index contributed by atoms with van der Waals surface area (Å²) in [4.78, 5) is 0. The molecule has 0 heterocycles. The second-order valence-electron chi connectivity index (χ2n) is 1.12. The second-order valence-corrected chi connectivity index (χ2v) is 1.12. The molecular formula is C9H3MnO3-5. The molecule has 0 saturated heterocycles. The van der Waals surface area contributed by atoms with Crippen molar-refractivity contribution in [1.82, 2.24) is 0 Å². The summed E-state index contributed by atoms with van der Waals surface area (Å²) >= 11 is 0. The monoisotopic (exact) mass is 214 g/mol. The summed E-state index contributed by atoms with van der Waals surface area (Å²) in [6.07, 6.45) is 0. The van der Waals surface area contributed by atoms with Crippen molar-refractivity contribution in [2.45, 2.75) is 6.92 Å². The Morgan fingerprint density at radius 2 is 1.08 bits per heavy atom. The van der Waals surface area contributed by atoms with Crippen LogP contribution in [0, 0.1) is 51.1 Å². The van der Waals surface area contributed by atoms with Gasteiger partial charge in [0.25, 0.3) is 0 Å². The predicted octanol–water partition coefficient (Wildman–Crippen LogP) is 0.800. The van der Waals surface area contributed by atoms with E-state index in [0.717, 1.165) is 5.56 Å². The normalized spacial score (nSPS) is 4.54. The first-order chi connectivity index (χ1) is 5.89. The van der Waals surface area contributed by atoms with Gasteiger partial charge in [-0.25, -0.2) is 6.92 Å². The van der Waals surface area contributed by atoms with Crippen LogP contribution in [0.2, 0.25) is 0 Å². The fourth-order valence-corrected chi connectivity index (χ4v) is 0.281. The van der Waals surface area contributed by atoms with E-state index in [1.54, 1.807) is 0 Å². The van der Waals surface area contributed by atoms with E-state index < -0.39 is 0 Å². The van der Waals surface area contributed by atoms with E-state index in [2.05, 4.69) is 44.2 Å². The summed E-state index contributed by atoms with van der Waals surface area (Å²) in [7, 11) is 0. The van der Waals surface area contributed by atoms with E-state index in [0.29, 0.717) is 0 Å². The van der Waals surface area contributed by atoms with Gasteiger partial charge in [-0.15, -0.1) is 0 Å². The SMILES string of the molecule is C[c-]1[c-][c-][c-][c-]1.[C-]#[O+].[C-]#[O+].[C-]#[O+].[Mn]. The van der Waals surface area contributed by atoms with Crippen molar-refractivity contribution in [3.63, 3.8) is 0 Å². The van der Waals surface area contributed by atoms with Gasteiger partial charge in [0.2, 0.25) is 0 Å². The average Bonchev–Trinajstić information content (AvgIpc) is 2.66. The van der Waals surface area contributed by atoms with E-state index >= 15 is 0 Å². The van der Waals surface area contributed by atoms with Gasteiger partial charge in [0.05, 0.1) is 0 Å².